The maximum absolute atomic E-state index is 13.2. The van der Waals surface area contributed by atoms with Crippen molar-refractivity contribution in [2.24, 2.45) is 0 Å². The molecule has 2 heterocycles. The number of carbonyl (C=O) groups is 1. The van der Waals surface area contributed by atoms with Crippen molar-refractivity contribution >= 4 is 45.0 Å². The SMILES string of the molecule is Cc1ccc(-c2csc(NC(=O)CCSc3nc4ccccc4c(=O)n3-c3ccccc3)n2)cc1. The summed E-state index contributed by atoms with van der Waals surface area (Å²) in [4.78, 5) is 35.1. The average molecular weight is 499 g/mol. The highest BCUT2D eigenvalue weighted by Gasteiger charge is 2.14. The molecule has 5 rings (SSSR count). The van der Waals surface area contributed by atoms with E-state index in [0.29, 0.717) is 26.9 Å². The Morgan fingerprint density at radius 1 is 0.971 bits per heavy atom. The molecular formula is C27H22N4O2S2. The van der Waals surface area contributed by atoms with Gasteiger partial charge in [0.25, 0.3) is 5.56 Å². The van der Waals surface area contributed by atoms with Crippen LogP contribution in [0.3, 0.4) is 0 Å². The molecular weight excluding hydrogens is 476 g/mol. The van der Waals surface area contributed by atoms with Gasteiger partial charge in [-0.2, -0.15) is 0 Å². The molecule has 6 nitrogen and oxygen atoms in total. The van der Waals surface area contributed by atoms with E-state index >= 15 is 0 Å². The Morgan fingerprint density at radius 3 is 2.51 bits per heavy atom. The number of thioether (sulfide) groups is 1. The van der Waals surface area contributed by atoms with Gasteiger partial charge in [0.05, 0.1) is 22.3 Å². The molecule has 0 radical (unpaired) electrons. The summed E-state index contributed by atoms with van der Waals surface area (Å²) >= 11 is 2.79. The van der Waals surface area contributed by atoms with Crippen LogP contribution < -0.4 is 10.9 Å². The Bertz CT molecular complexity index is 1540. The molecule has 0 bridgehead atoms. The molecule has 3 aromatic carbocycles. The maximum atomic E-state index is 13.2. The number of carbonyl (C=O) groups excluding carboxylic acids is 1. The second-order valence-corrected chi connectivity index (χ2v) is 9.86. The largest absolute Gasteiger partial charge is 0.302 e. The van der Waals surface area contributed by atoms with E-state index in [1.54, 1.807) is 10.6 Å². The Hall–Kier alpha value is -3.75. The summed E-state index contributed by atoms with van der Waals surface area (Å²) in [6.07, 6.45) is 0.265. The van der Waals surface area contributed by atoms with Gasteiger partial charge in [-0.15, -0.1) is 11.3 Å². The van der Waals surface area contributed by atoms with Crippen LogP contribution in [-0.2, 0) is 4.79 Å². The number of hydrogen-bond donors (Lipinski definition) is 1. The molecule has 8 heteroatoms. The summed E-state index contributed by atoms with van der Waals surface area (Å²) in [7, 11) is 0. The lowest BCUT2D eigenvalue weighted by Crippen LogP contribution is -2.22. The van der Waals surface area contributed by atoms with Gasteiger partial charge in [0, 0.05) is 23.1 Å². The van der Waals surface area contributed by atoms with Crippen LogP contribution in [0.2, 0.25) is 0 Å². The highest BCUT2D eigenvalue weighted by Crippen LogP contribution is 2.26. The second kappa shape index (κ2) is 10.2. The summed E-state index contributed by atoms with van der Waals surface area (Å²) < 4.78 is 1.61. The number of benzene rings is 3. The molecule has 0 aliphatic rings. The quantitative estimate of drug-likeness (QED) is 0.222. The molecule has 1 amide bonds. The summed E-state index contributed by atoms with van der Waals surface area (Å²) in [6.45, 7) is 2.04. The number of nitrogens with one attached hydrogen (secondary N) is 1. The zero-order valence-corrected chi connectivity index (χ0v) is 20.6. The Labute approximate surface area is 210 Å². The fraction of sp³-hybridized carbons (Fsp3) is 0.111. The molecule has 0 atom stereocenters. The fourth-order valence-corrected chi connectivity index (χ4v) is 5.30. The van der Waals surface area contributed by atoms with Gasteiger partial charge in [0.1, 0.15) is 0 Å². The zero-order chi connectivity index (χ0) is 24.2. The van der Waals surface area contributed by atoms with E-state index in [0.717, 1.165) is 16.9 Å². The highest BCUT2D eigenvalue weighted by atomic mass is 32.2. The monoisotopic (exact) mass is 498 g/mol. The van der Waals surface area contributed by atoms with Crippen molar-refractivity contribution < 1.29 is 4.79 Å². The van der Waals surface area contributed by atoms with E-state index in [1.165, 1.54) is 28.7 Å². The lowest BCUT2D eigenvalue weighted by atomic mass is 10.1. The Kier molecular flexibility index (Phi) is 6.74. The van der Waals surface area contributed by atoms with Crippen LogP contribution >= 0.6 is 23.1 Å². The summed E-state index contributed by atoms with van der Waals surface area (Å²) in [5.41, 5.74) is 4.31. The topological polar surface area (TPSA) is 76.9 Å². The molecule has 0 fully saturated rings. The predicted molar refractivity (Wildman–Crippen MR) is 144 cm³/mol. The van der Waals surface area contributed by atoms with E-state index in [-0.39, 0.29) is 17.9 Å². The van der Waals surface area contributed by atoms with Gasteiger partial charge in [0.2, 0.25) is 5.91 Å². The summed E-state index contributed by atoms with van der Waals surface area (Å²) in [6, 6.07) is 24.9. The van der Waals surface area contributed by atoms with Crippen LogP contribution in [0, 0.1) is 6.92 Å². The van der Waals surface area contributed by atoms with Crippen LogP contribution in [0.15, 0.2) is 94.2 Å². The van der Waals surface area contributed by atoms with E-state index < -0.39 is 0 Å². The first-order valence-electron chi connectivity index (χ1n) is 11.1. The number of nitrogens with zero attached hydrogens (tertiary/aromatic N) is 3. The molecule has 0 unspecified atom stereocenters. The van der Waals surface area contributed by atoms with Crippen molar-refractivity contribution in [3.05, 3.63) is 100 Å². The fourth-order valence-electron chi connectivity index (χ4n) is 3.62. The number of para-hydroxylation sites is 2. The van der Waals surface area contributed by atoms with Crippen LogP contribution in [0.4, 0.5) is 5.13 Å². The van der Waals surface area contributed by atoms with E-state index in [9.17, 15) is 9.59 Å². The number of aryl methyl sites for hydroxylation is 1. The molecule has 0 spiro atoms. The van der Waals surface area contributed by atoms with Crippen LogP contribution in [0.25, 0.3) is 27.8 Å². The van der Waals surface area contributed by atoms with Crippen LogP contribution in [0.1, 0.15) is 12.0 Å². The maximum Gasteiger partial charge on any atom is 0.266 e. The van der Waals surface area contributed by atoms with Gasteiger partial charge < -0.3 is 5.32 Å². The smallest absolute Gasteiger partial charge is 0.266 e. The molecule has 0 aliphatic carbocycles. The molecule has 174 valence electrons. The molecule has 0 saturated heterocycles. The van der Waals surface area contributed by atoms with Crippen molar-refractivity contribution in [2.75, 3.05) is 11.1 Å². The zero-order valence-electron chi connectivity index (χ0n) is 19.0. The minimum Gasteiger partial charge on any atom is -0.302 e. The lowest BCUT2D eigenvalue weighted by Gasteiger charge is -2.13. The molecule has 1 N–H and O–H groups in total. The Balaban J connectivity index is 1.29. The number of anilines is 1. The van der Waals surface area contributed by atoms with E-state index in [1.807, 2.05) is 85.1 Å². The predicted octanol–water partition coefficient (Wildman–Crippen LogP) is 5.94. The van der Waals surface area contributed by atoms with Gasteiger partial charge in [-0.05, 0) is 31.2 Å². The van der Waals surface area contributed by atoms with Crippen molar-refractivity contribution in [1.29, 1.82) is 0 Å². The van der Waals surface area contributed by atoms with Crippen LogP contribution in [-0.4, -0.2) is 26.2 Å². The van der Waals surface area contributed by atoms with Crippen molar-refractivity contribution in [1.82, 2.24) is 14.5 Å². The first-order chi connectivity index (χ1) is 17.1. The van der Waals surface area contributed by atoms with Crippen molar-refractivity contribution in [3.8, 4) is 16.9 Å². The number of thiazole rings is 1. The second-order valence-electron chi connectivity index (χ2n) is 7.94. The Morgan fingerprint density at radius 2 is 1.71 bits per heavy atom. The third kappa shape index (κ3) is 5.18. The van der Waals surface area contributed by atoms with Crippen molar-refractivity contribution in [2.45, 2.75) is 18.5 Å². The van der Waals surface area contributed by atoms with Crippen LogP contribution in [0.5, 0.6) is 0 Å². The van der Waals surface area contributed by atoms with Gasteiger partial charge in [-0.3, -0.25) is 14.2 Å². The summed E-state index contributed by atoms with van der Waals surface area (Å²) in [5.74, 6) is 0.344. The number of rotatable bonds is 7. The minimum atomic E-state index is -0.128. The minimum absolute atomic E-state index is 0.125. The third-order valence-corrected chi connectivity index (χ3v) is 7.12. The number of aromatic nitrogens is 3. The standard InChI is InChI=1S/C27H22N4O2S2/c1-18-11-13-19(14-12-18)23-17-35-26(28-23)30-24(32)15-16-34-27-29-22-10-6-5-9-21(22)25(33)31(27)20-7-3-2-4-8-20/h2-14,17H,15-16H2,1H3,(H,28,30,32). The molecule has 5 aromatic rings. The van der Waals surface area contributed by atoms with Gasteiger partial charge in [0.15, 0.2) is 10.3 Å². The molecule has 0 saturated carbocycles. The lowest BCUT2D eigenvalue weighted by molar-refractivity contribution is -0.115. The van der Waals surface area contributed by atoms with Gasteiger partial charge in [-0.25, -0.2) is 9.97 Å². The average Bonchev–Trinajstić information content (AvgIpc) is 3.33. The summed E-state index contributed by atoms with van der Waals surface area (Å²) in [5, 5.41) is 6.51. The van der Waals surface area contributed by atoms with Gasteiger partial charge in [-0.1, -0.05) is 71.9 Å². The van der Waals surface area contributed by atoms with Crippen molar-refractivity contribution in [3.63, 3.8) is 0 Å². The third-order valence-electron chi connectivity index (χ3n) is 5.42. The number of amides is 1. The first kappa shape index (κ1) is 23.0. The highest BCUT2D eigenvalue weighted by molar-refractivity contribution is 7.99. The number of fused-ring (bicyclic) bond motifs is 1. The first-order valence-corrected chi connectivity index (χ1v) is 13.0. The number of hydrogen-bond acceptors (Lipinski definition) is 6. The normalized spacial score (nSPS) is 11.0. The molecule has 35 heavy (non-hydrogen) atoms. The van der Waals surface area contributed by atoms with Gasteiger partial charge >= 0.3 is 0 Å². The van der Waals surface area contributed by atoms with E-state index in [4.69, 9.17) is 4.98 Å². The molecule has 2 aromatic heterocycles. The van der Waals surface area contributed by atoms with E-state index in [2.05, 4.69) is 10.3 Å². The molecule has 0 aliphatic heterocycles.